The Labute approximate surface area is 103 Å². The van der Waals surface area contributed by atoms with E-state index in [-0.39, 0.29) is 5.78 Å². The maximum atomic E-state index is 11.3. The van der Waals surface area contributed by atoms with Crippen molar-refractivity contribution in [2.75, 3.05) is 0 Å². The normalized spacial score (nSPS) is 24.6. The van der Waals surface area contributed by atoms with E-state index in [9.17, 15) is 4.79 Å². The van der Waals surface area contributed by atoms with Crippen molar-refractivity contribution in [1.29, 1.82) is 0 Å². The van der Waals surface area contributed by atoms with E-state index >= 15 is 0 Å². The molecule has 0 aliphatic heterocycles. The van der Waals surface area contributed by atoms with Crippen molar-refractivity contribution in [3.05, 3.63) is 23.3 Å². The number of aryl methyl sites for hydroxylation is 1. The third kappa shape index (κ3) is 2.71. The van der Waals surface area contributed by atoms with Crippen LogP contribution >= 0.6 is 0 Å². The van der Waals surface area contributed by atoms with Gasteiger partial charge >= 0.3 is 0 Å². The molecule has 1 heterocycles. The van der Waals surface area contributed by atoms with Crippen molar-refractivity contribution in [2.24, 2.45) is 5.92 Å². The first-order valence-corrected chi connectivity index (χ1v) is 6.42. The van der Waals surface area contributed by atoms with Crippen LogP contribution in [0.4, 0.5) is 0 Å². The van der Waals surface area contributed by atoms with Gasteiger partial charge in [-0.05, 0) is 32.6 Å². The fraction of sp³-hybridized carbons (Fsp3) is 0.643. The van der Waals surface area contributed by atoms with Crippen LogP contribution in [0.2, 0.25) is 0 Å². The molecule has 1 saturated carbocycles. The summed E-state index contributed by atoms with van der Waals surface area (Å²) in [5.41, 5.74) is 1.47. The lowest BCUT2D eigenvalue weighted by atomic mass is 9.82. The molecule has 2 unspecified atom stereocenters. The highest BCUT2D eigenvalue weighted by Crippen LogP contribution is 2.34. The molecule has 0 aromatic carbocycles. The number of carbonyl (C=O) groups is 1. The summed E-state index contributed by atoms with van der Waals surface area (Å²) in [7, 11) is 0. The highest BCUT2D eigenvalue weighted by Gasteiger charge is 2.23. The van der Waals surface area contributed by atoms with E-state index in [1.54, 1.807) is 13.1 Å². The van der Waals surface area contributed by atoms with Crippen LogP contribution in [0.15, 0.2) is 6.20 Å². The second kappa shape index (κ2) is 4.94. The number of carbonyl (C=O) groups excluding carboxylic acids is 1. The highest BCUT2D eigenvalue weighted by atomic mass is 16.1. The summed E-state index contributed by atoms with van der Waals surface area (Å²) in [6, 6.07) is 0. The van der Waals surface area contributed by atoms with Gasteiger partial charge in [-0.15, -0.1) is 0 Å². The summed E-state index contributed by atoms with van der Waals surface area (Å²) in [6.07, 6.45) is 6.64. The number of Topliss-reactive ketones (excluding diaryl/α,β-unsaturated/α-hetero) is 1. The van der Waals surface area contributed by atoms with Gasteiger partial charge in [-0.2, -0.15) is 0 Å². The van der Waals surface area contributed by atoms with Crippen LogP contribution in [0.5, 0.6) is 0 Å². The zero-order valence-corrected chi connectivity index (χ0v) is 10.9. The third-order valence-corrected chi connectivity index (χ3v) is 3.68. The number of nitrogens with zero attached hydrogens (tertiary/aromatic N) is 2. The van der Waals surface area contributed by atoms with Crippen LogP contribution in [0, 0.1) is 12.8 Å². The summed E-state index contributed by atoms with van der Waals surface area (Å²) in [5, 5.41) is 0. The lowest BCUT2D eigenvalue weighted by molar-refractivity contribution is 0.101. The molecule has 2 atom stereocenters. The minimum atomic E-state index is 0.0473. The summed E-state index contributed by atoms with van der Waals surface area (Å²) in [4.78, 5) is 20.2. The fourth-order valence-corrected chi connectivity index (χ4v) is 2.70. The van der Waals surface area contributed by atoms with Gasteiger partial charge in [0.05, 0.1) is 11.3 Å². The molecule has 1 aromatic rings. The Morgan fingerprint density at radius 1 is 1.41 bits per heavy atom. The molecule has 3 heteroatoms. The van der Waals surface area contributed by atoms with E-state index in [1.165, 1.54) is 25.7 Å². The number of ketones is 1. The number of rotatable bonds is 2. The molecule has 1 aliphatic rings. The number of aromatic nitrogens is 2. The topological polar surface area (TPSA) is 42.9 Å². The first-order valence-electron chi connectivity index (χ1n) is 6.42. The third-order valence-electron chi connectivity index (χ3n) is 3.68. The largest absolute Gasteiger partial charge is 0.294 e. The molecule has 0 saturated heterocycles. The molecule has 3 nitrogen and oxygen atoms in total. The Hall–Kier alpha value is -1.25. The van der Waals surface area contributed by atoms with Gasteiger partial charge in [-0.3, -0.25) is 4.79 Å². The van der Waals surface area contributed by atoms with Crippen molar-refractivity contribution >= 4 is 5.78 Å². The zero-order chi connectivity index (χ0) is 12.4. The van der Waals surface area contributed by atoms with Gasteiger partial charge in [-0.1, -0.05) is 19.8 Å². The summed E-state index contributed by atoms with van der Waals surface area (Å²) in [5.74, 6) is 2.23. The Kier molecular flexibility index (Phi) is 3.55. The van der Waals surface area contributed by atoms with E-state index in [1.807, 2.05) is 6.92 Å². The van der Waals surface area contributed by atoms with E-state index in [4.69, 9.17) is 0 Å². The Morgan fingerprint density at radius 2 is 2.18 bits per heavy atom. The molecule has 0 N–H and O–H groups in total. The first kappa shape index (κ1) is 12.2. The van der Waals surface area contributed by atoms with Gasteiger partial charge in [0.25, 0.3) is 0 Å². The lowest BCUT2D eigenvalue weighted by Gasteiger charge is -2.25. The molecule has 0 radical (unpaired) electrons. The fourth-order valence-electron chi connectivity index (χ4n) is 2.70. The molecule has 1 aromatic heterocycles. The quantitative estimate of drug-likeness (QED) is 0.735. The van der Waals surface area contributed by atoms with Crippen molar-refractivity contribution in [3.8, 4) is 0 Å². The summed E-state index contributed by atoms with van der Waals surface area (Å²) < 4.78 is 0. The number of hydrogen-bond donors (Lipinski definition) is 0. The zero-order valence-electron chi connectivity index (χ0n) is 10.9. The SMILES string of the molecule is CC(=O)c1cnc(C2CCCC(C)C2)nc1C. The summed E-state index contributed by atoms with van der Waals surface area (Å²) >= 11 is 0. The molecule has 17 heavy (non-hydrogen) atoms. The van der Waals surface area contributed by atoms with E-state index in [2.05, 4.69) is 16.9 Å². The lowest BCUT2D eigenvalue weighted by Crippen LogP contribution is -2.15. The number of hydrogen-bond acceptors (Lipinski definition) is 3. The average molecular weight is 232 g/mol. The molecule has 2 rings (SSSR count). The van der Waals surface area contributed by atoms with Gasteiger partial charge in [0.2, 0.25) is 0 Å². The molecule has 0 bridgehead atoms. The second-order valence-corrected chi connectivity index (χ2v) is 5.25. The Morgan fingerprint density at radius 3 is 2.76 bits per heavy atom. The van der Waals surface area contributed by atoms with Gasteiger partial charge in [0, 0.05) is 12.1 Å². The maximum absolute atomic E-state index is 11.3. The van der Waals surface area contributed by atoms with Crippen molar-refractivity contribution in [1.82, 2.24) is 9.97 Å². The van der Waals surface area contributed by atoms with E-state index in [0.29, 0.717) is 11.5 Å². The predicted octanol–water partition coefficient (Wildman–Crippen LogP) is 3.28. The average Bonchev–Trinajstić information content (AvgIpc) is 2.28. The second-order valence-electron chi connectivity index (χ2n) is 5.25. The molecular formula is C14H20N2O. The highest BCUT2D eigenvalue weighted by molar-refractivity contribution is 5.94. The Bertz CT molecular complexity index is 428. The van der Waals surface area contributed by atoms with Crippen LogP contribution in [0.1, 0.15) is 67.3 Å². The predicted molar refractivity (Wildman–Crippen MR) is 67.1 cm³/mol. The minimum absolute atomic E-state index is 0.0473. The minimum Gasteiger partial charge on any atom is -0.294 e. The van der Waals surface area contributed by atoms with Crippen LogP contribution in [-0.2, 0) is 0 Å². The monoisotopic (exact) mass is 232 g/mol. The smallest absolute Gasteiger partial charge is 0.163 e. The van der Waals surface area contributed by atoms with Crippen LogP contribution in [0.3, 0.4) is 0 Å². The Balaban J connectivity index is 2.22. The molecule has 0 spiro atoms. The van der Waals surface area contributed by atoms with Crippen molar-refractivity contribution < 1.29 is 4.79 Å². The standard InChI is InChI=1S/C14H20N2O/c1-9-5-4-6-12(7-9)14-15-8-13(11(3)17)10(2)16-14/h8-9,12H,4-7H2,1-3H3. The van der Waals surface area contributed by atoms with Crippen LogP contribution in [0.25, 0.3) is 0 Å². The molecule has 1 fully saturated rings. The van der Waals surface area contributed by atoms with Gasteiger partial charge < -0.3 is 0 Å². The summed E-state index contributed by atoms with van der Waals surface area (Å²) in [6.45, 7) is 5.76. The van der Waals surface area contributed by atoms with E-state index in [0.717, 1.165) is 17.4 Å². The van der Waals surface area contributed by atoms with Crippen LogP contribution < -0.4 is 0 Å². The first-order chi connectivity index (χ1) is 8.08. The van der Waals surface area contributed by atoms with E-state index < -0.39 is 0 Å². The van der Waals surface area contributed by atoms with Gasteiger partial charge in [-0.25, -0.2) is 9.97 Å². The maximum Gasteiger partial charge on any atom is 0.163 e. The van der Waals surface area contributed by atoms with Gasteiger partial charge in [0.15, 0.2) is 5.78 Å². The molecule has 92 valence electrons. The van der Waals surface area contributed by atoms with Gasteiger partial charge in [0.1, 0.15) is 5.82 Å². The van der Waals surface area contributed by atoms with Crippen LogP contribution in [-0.4, -0.2) is 15.8 Å². The van der Waals surface area contributed by atoms with Crippen molar-refractivity contribution in [2.45, 2.75) is 52.4 Å². The molecule has 1 aliphatic carbocycles. The van der Waals surface area contributed by atoms with Crippen molar-refractivity contribution in [3.63, 3.8) is 0 Å². The molecule has 0 amide bonds. The molecular weight excluding hydrogens is 212 g/mol.